The first kappa shape index (κ1) is 15.2. The third-order valence-electron chi connectivity index (χ3n) is 4.00. The molecule has 0 radical (unpaired) electrons. The van der Waals surface area contributed by atoms with Gasteiger partial charge in [-0.25, -0.2) is 9.78 Å². The Morgan fingerprint density at radius 2 is 2.23 bits per heavy atom. The highest BCUT2D eigenvalue weighted by molar-refractivity contribution is 7.18. The summed E-state index contributed by atoms with van der Waals surface area (Å²) < 4.78 is 6.72. The molecule has 6 heteroatoms. The van der Waals surface area contributed by atoms with Gasteiger partial charge >= 0.3 is 5.97 Å². The Morgan fingerprint density at radius 1 is 1.45 bits per heavy atom. The zero-order chi connectivity index (χ0) is 15.9. The standard InChI is InChI=1S/C16H20N2O3S/c1-4-11(16(20)21-9(2)3)18-8-17-14-13(15(18)19)10-6-5-7-12(10)22-14/h8-9,11H,4-7H2,1-3H3/t11-/m1/s1. The minimum Gasteiger partial charge on any atom is -0.461 e. The van der Waals surface area contributed by atoms with Crippen LogP contribution in [0.1, 0.15) is 50.1 Å². The van der Waals surface area contributed by atoms with E-state index in [2.05, 4.69) is 4.98 Å². The molecule has 2 aromatic heterocycles. The van der Waals surface area contributed by atoms with Gasteiger partial charge in [-0.15, -0.1) is 11.3 Å². The summed E-state index contributed by atoms with van der Waals surface area (Å²) in [5.41, 5.74) is 1.02. The van der Waals surface area contributed by atoms with Crippen molar-refractivity contribution in [1.82, 2.24) is 9.55 Å². The number of fused-ring (bicyclic) bond motifs is 3. The van der Waals surface area contributed by atoms with Crippen molar-refractivity contribution in [3.63, 3.8) is 0 Å². The predicted octanol–water partition coefficient (Wildman–Crippen LogP) is 2.85. The van der Waals surface area contributed by atoms with E-state index in [1.807, 2.05) is 6.92 Å². The van der Waals surface area contributed by atoms with E-state index in [-0.39, 0.29) is 17.6 Å². The van der Waals surface area contributed by atoms with Gasteiger partial charge in [-0.1, -0.05) is 6.92 Å². The largest absolute Gasteiger partial charge is 0.461 e. The number of hydrogen-bond acceptors (Lipinski definition) is 5. The molecule has 5 nitrogen and oxygen atoms in total. The molecule has 0 spiro atoms. The van der Waals surface area contributed by atoms with Crippen molar-refractivity contribution in [2.24, 2.45) is 0 Å². The number of aromatic nitrogens is 2. The van der Waals surface area contributed by atoms with Gasteiger partial charge in [-0.05, 0) is 45.1 Å². The van der Waals surface area contributed by atoms with Crippen LogP contribution in [0.4, 0.5) is 0 Å². The number of carbonyl (C=O) groups is 1. The van der Waals surface area contributed by atoms with Gasteiger partial charge in [0.1, 0.15) is 10.9 Å². The summed E-state index contributed by atoms with van der Waals surface area (Å²) in [4.78, 5) is 31.6. The molecule has 0 N–H and O–H groups in total. The maximum atomic E-state index is 12.9. The molecule has 0 aliphatic heterocycles. The average Bonchev–Trinajstić information content (AvgIpc) is 3.01. The van der Waals surface area contributed by atoms with Crippen molar-refractivity contribution in [2.75, 3.05) is 0 Å². The highest BCUT2D eigenvalue weighted by atomic mass is 32.1. The molecule has 1 aliphatic rings. The maximum Gasteiger partial charge on any atom is 0.329 e. The van der Waals surface area contributed by atoms with Gasteiger partial charge in [0.05, 0.1) is 17.8 Å². The predicted molar refractivity (Wildman–Crippen MR) is 86.5 cm³/mol. The van der Waals surface area contributed by atoms with Crippen LogP contribution >= 0.6 is 11.3 Å². The van der Waals surface area contributed by atoms with E-state index in [1.54, 1.807) is 25.2 Å². The van der Waals surface area contributed by atoms with Crippen LogP contribution in [0.5, 0.6) is 0 Å². The summed E-state index contributed by atoms with van der Waals surface area (Å²) in [5.74, 6) is -0.368. The number of thiophene rings is 1. The summed E-state index contributed by atoms with van der Waals surface area (Å²) in [6.07, 6.45) is 4.86. The minimum absolute atomic E-state index is 0.114. The number of carbonyl (C=O) groups excluding carboxylic acids is 1. The van der Waals surface area contributed by atoms with Gasteiger partial charge in [0.2, 0.25) is 0 Å². The molecule has 0 saturated carbocycles. The molecular weight excluding hydrogens is 300 g/mol. The first-order valence-electron chi connectivity index (χ1n) is 7.74. The Kier molecular flexibility index (Phi) is 4.04. The van der Waals surface area contributed by atoms with Crippen LogP contribution in [0.25, 0.3) is 10.2 Å². The Balaban J connectivity index is 2.08. The Hall–Kier alpha value is -1.69. The molecule has 0 aromatic carbocycles. The van der Waals surface area contributed by atoms with Crippen LogP contribution in [0.15, 0.2) is 11.1 Å². The van der Waals surface area contributed by atoms with Gasteiger partial charge in [-0.2, -0.15) is 0 Å². The Morgan fingerprint density at radius 3 is 2.91 bits per heavy atom. The topological polar surface area (TPSA) is 61.2 Å². The fraction of sp³-hybridized carbons (Fsp3) is 0.562. The number of aryl methyl sites for hydroxylation is 2. The normalized spacial score (nSPS) is 15.3. The van der Waals surface area contributed by atoms with E-state index in [0.29, 0.717) is 11.8 Å². The lowest BCUT2D eigenvalue weighted by Gasteiger charge is -2.18. The van der Waals surface area contributed by atoms with Crippen molar-refractivity contribution >= 4 is 27.5 Å². The zero-order valence-corrected chi connectivity index (χ0v) is 13.9. The van der Waals surface area contributed by atoms with Crippen LogP contribution in [0.3, 0.4) is 0 Å². The van der Waals surface area contributed by atoms with Crippen LogP contribution in [0, 0.1) is 0 Å². The lowest BCUT2D eigenvalue weighted by atomic mass is 10.2. The van der Waals surface area contributed by atoms with Gasteiger partial charge in [0.15, 0.2) is 0 Å². The molecule has 0 saturated heterocycles. The molecule has 118 valence electrons. The lowest BCUT2D eigenvalue weighted by molar-refractivity contribution is -0.151. The molecule has 22 heavy (non-hydrogen) atoms. The SMILES string of the molecule is CC[C@H](C(=O)OC(C)C)n1cnc2sc3c(c2c1=O)CCC3. The van der Waals surface area contributed by atoms with Crippen molar-refractivity contribution in [2.45, 2.75) is 58.6 Å². The molecular formula is C16H20N2O3S. The van der Waals surface area contributed by atoms with Gasteiger partial charge in [-0.3, -0.25) is 9.36 Å². The second kappa shape index (κ2) is 5.83. The number of nitrogens with zero attached hydrogens (tertiary/aromatic N) is 2. The van der Waals surface area contributed by atoms with E-state index < -0.39 is 6.04 Å². The molecule has 1 atom stereocenters. The first-order chi connectivity index (χ1) is 10.5. The molecule has 1 aliphatic carbocycles. The second-order valence-electron chi connectivity index (χ2n) is 5.90. The number of rotatable bonds is 4. The third kappa shape index (κ3) is 2.45. The molecule has 0 fully saturated rings. The molecule has 2 aromatic rings. The Labute approximate surface area is 132 Å². The summed E-state index contributed by atoms with van der Waals surface area (Å²) >= 11 is 1.61. The van der Waals surface area contributed by atoms with Crippen molar-refractivity contribution < 1.29 is 9.53 Å². The molecule has 0 amide bonds. The van der Waals surface area contributed by atoms with Crippen molar-refractivity contribution in [3.05, 3.63) is 27.1 Å². The summed E-state index contributed by atoms with van der Waals surface area (Å²) in [6, 6.07) is -0.608. The highest BCUT2D eigenvalue weighted by Gasteiger charge is 2.26. The second-order valence-corrected chi connectivity index (χ2v) is 6.99. The van der Waals surface area contributed by atoms with Crippen LogP contribution in [-0.4, -0.2) is 21.6 Å². The number of esters is 1. The summed E-state index contributed by atoms with van der Waals surface area (Å²) in [6.45, 7) is 5.49. The quantitative estimate of drug-likeness (QED) is 0.813. The summed E-state index contributed by atoms with van der Waals surface area (Å²) in [7, 11) is 0. The molecule has 0 bridgehead atoms. The van der Waals surface area contributed by atoms with Crippen LogP contribution in [0.2, 0.25) is 0 Å². The zero-order valence-electron chi connectivity index (χ0n) is 13.1. The highest BCUT2D eigenvalue weighted by Crippen LogP contribution is 2.34. The van der Waals surface area contributed by atoms with Gasteiger partial charge < -0.3 is 4.74 Å². The van der Waals surface area contributed by atoms with E-state index >= 15 is 0 Å². The maximum absolute atomic E-state index is 12.9. The number of ether oxygens (including phenoxy) is 1. The third-order valence-corrected chi connectivity index (χ3v) is 5.20. The van der Waals surface area contributed by atoms with E-state index in [0.717, 1.165) is 29.7 Å². The minimum atomic E-state index is -0.608. The average molecular weight is 320 g/mol. The van der Waals surface area contributed by atoms with Gasteiger partial charge in [0, 0.05) is 4.88 Å². The first-order valence-corrected chi connectivity index (χ1v) is 8.56. The van der Waals surface area contributed by atoms with E-state index in [4.69, 9.17) is 4.74 Å². The lowest BCUT2D eigenvalue weighted by Crippen LogP contribution is -2.32. The van der Waals surface area contributed by atoms with Crippen LogP contribution in [-0.2, 0) is 22.4 Å². The van der Waals surface area contributed by atoms with E-state index in [9.17, 15) is 9.59 Å². The smallest absolute Gasteiger partial charge is 0.329 e. The fourth-order valence-electron chi connectivity index (χ4n) is 3.01. The monoisotopic (exact) mass is 320 g/mol. The fourth-order valence-corrected chi connectivity index (χ4v) is 4.23. The Bertz CT molecular complexity index is 776. The summed E-state index contributed by atoms with van der Waals surface area (Å²) in [5, 5.41) is 0.704. The van der Waals surface area contributed by atoms with E-state index in [1.165, 1.54) is 15.8 Å². The molecule has 3 rings (SSSR count). The van der Waals surface area contributed by atoms with Crippen molar-refractivity contribution in [1.29, 1.82) is 0 Å². The molecule has 0 unspecified atom stereocenters. The molecule has 2 heterocycles. The van der Waals surface area contributed by atoms with Crippen LogP contribution < -0.4 is 5.56 Å². The van der Waals surface area contributed by atoms with Gasteiger partial charge in [0.25, 0.3) is 5.56 Å². The number of hydrogen-bond donors (Lipinski definition) is 0. The van der Waals surface area contributed by atoms with Crippen molar-refractivity contribution in [3.8, 4) is 0 Å².